The minimum absolute atomic E-state index is 0.276. The first-order valence-electron chi connectivity index (χ1n) is 6.76. The van der Waals surface area contributed by atoms with Crippen molar-refractivity contribution >= 4 is 11.8 Å². The van der Waals surface area contributed by atoms with E-state index in [1.165, 1.54) is 26.4 Å². The zero-order valence-corrected chi connectivity index (χ0v) is 13.5. The molecule has 124 valence electrons. The quantitative estimate of drug-likeness (QED) is 0.770. The molecule has 0 bridgehead atoms. The summed E-state index contributed by atoms with van der Waals surface area (Å²) in [7, 11) is 2.87. The number of hydrogen-bond donors (Lipinski definition) is 3. The summed E-state index contributed by atoms with van der Waals surface area (Å²) in [6.45, 7) is 4.78. The predicted octanol–water partition coefficient (Wildman–Crippen LogP) is 2.08. The number of methoxy groups -OCH3 is 2. The lowest BCUT2D eigenvalue weighted by molar-refractivity contribution is 0.0635. The van der Waals surface area contributed by atoms with E-state index < -0.39 is 24.4 Å². The molecular weight excluding hydrogens is 290 g/mol. The fourth-order valence-corrected chi connectivity index (χ4v) is 1.79. The summed E-state index contributed by atoms with van der Waals surface area (Å²) in [6, 6.07) is 3.02. The minimum atomic E-state index is -1.10. The zero-order valence-electron chi connectivity index (χ0n) is 13.5. The van der Waals surface area contributed by atoms with Crippen LogP contribution in [0.1, 0.15) is 32.4 Å². The average molecular weight is 313 g/mol. The fraction of sp³-hybridized carbons (Fsp3) is 0.533. The number of rotatable bonds is 5. The summed E-state index contributed by atoms with van der Waals surface area (Å²) in [5.74, 6) is 0.612. The molecule has 22 heavy (non-hydrogen) atoms. The number of anilines is 1. The highest BCUT2D eigenvalue weighted by atomic mass is 16.6. The maximum Gasteiger partial charge on any atom is 0.412 e. The monoisotopic (exact) mass is 313 g/mol. The summed E-state index contributed by atoms with van der Waals surface area (Å²) >= 11 is 0. The number of ether oxygens (including phenoxy) is 3. The van der Waals surface area contributed by atoms with Crippen LogP contribution in [0.15, 0.2) is 12.1 Å². The number of benzene rings is 1. The second-order valence-electron chi connectivity index (χ2n) is 5.63. The molecule has 0 radical (unpaired) electrons. The van der Waals surface area contributed by atoms with E-state index in [2.05, 4.69) is 5.32 Å². The summed E-state index contributed by atoms with van der Waals surface area (Å²) in [5.41, 5.74) is 0.00805. The smallest absolute Gasteiger partial charge is 0.412 e. The normalized spacial score (nSPS) is 12.5. The van der Waals surface area contributed by atoms with Gasteiger partial charge >= 0.3 is 6.09 Å². The molecule has 0 spiro atoms. The van der Waals surface area contributed by atoms with Crippen molar-refractivity contribution in [2.24, 2.45) is 0 Å². The Morgan fingerprint density at radius 1 is 1.27 bits per heavy atom. The number of nitrogens with one attached hydrogen (secondary N) is 1. The number of aliphatic hydroxyl groups is 2. The summed E-state index contributed by atoms with van der Waals surface area (Å²) in [5, 5.41) is 21.4. The van der Waals surface area contributed by atoms with E-state index in [4.69, 9.17) is 19.3 Å². The van der Waals surface area contributed by atoms with Crippen molar-refractivity contribution in [3.63, 3.8) is 0 Å². The second-order valence-corrected chi connectivity index (χ2v) is 5.63. The Hall–Kier alpha value is -1.99. The first-order chi connectivity index (χ1) is 10.2. The molecule has 0 fully saturated rings. The van der Waals surface area contributed by atoms with Crippen molar-refractivity contribution in [3.8, 4) is 11.5 Å². The lowest BCUT2D eigenvalue weighted by Crippen LogP contribution is -2.27. The van der Waals surface area contributed by atoms with Crippen LogP contribution in [0.2, 0.25) is 0 Å². The van der Waals surface area contributed by atoms with Gasteiger partial charge < -0.3 is 24.4 Å². The Kier molecular flexibility index (Phi) is 6.01. The van der Waals surface area contributed by atoms with E-state index in [0.29, 0.717) is 17.1 Å². The molecule has 1 aromatic carbocycles. The molecule has 1 unspecified atom stereocenters. The van der Waals surface area contributed by atoms with Gasteiger partial charge in [-0.1, -0.05) is 0 Å². The lowest BCUT2D eigenvalue weighted by Gasteiger charge is -2.21. The van der Waals surface area contributed by atoms with Crippen molar-refractivity contribution in [3.05, 3.63) is 17.7 Å². The number of carbonyl (C=O) groups is 1. The summed E-state index contributed by atoms with van der Waals surface area (Å²) in [4.78, 5) is 11.9. The van der Waals surface area contributed by atoms with E-state index in [1.807, 2.05) is 0 Å². The third-order valence-corrected chi connectivity index (χ3v) is 2.69. The van der Waals surface area contributed by atoms with Crippen LogP contribution in [-0.4, -0.2) is 42.7 Å². The predicted molar refractivity (Wildman–Crippen MR) is 81.4 cm³/mol. The number of aliphatic hydroxyl groups excluding tert-OH is 2. The maximum absolute atomic E-state index is 11.9. The molecular formula is C15H23NO6. The second kappa shape index (κ2) is 7.33. The molecule has 7 heteroatoms. The molecule has 0 aliphatic carbocycles. The minimum Gasteiger partial charge on any atom is -0.493 e. The van der Waals surface area contributed by atoms with Gasteiger partial charge in [0.15, 0.2) is 11.5 Å². The van der Waals surface area contributed by atoms with Gasteiger partial charge in [-0.15, -0.1) is 0 Å². The van der Waals surface area contributed by atoms with E-state index in [-0.39, 0.29) is 5.69 Å². The van der Waals surface area contributed by atoms with E-state index >= 15 is 0 Å². The highest BCUT2D eigenvalue weighted by Gasteiger charge is 2.21. The standard InChI is InChI=1S/C15H23NO6/c1-15(2,3)22-14(19)16-10-6-9(11(18)8-17)7-12(20-4)13(10)21-5/h6-7,11,17-18H,8H2,1-5H3,(H,16,19). The van der Waals surface area contributed by atoms with Gasteiger partial charge in [-0.25, -0.2) is 4.79 Å². The SMILES string of the molecule is COc1cc(C(O)CO)cc(NC(=O)OC(C)(C)C)c1OC. The molecule has 0 aliphatic rings. The third kappa shape index (κ3) is 4.78. The third-order valence-electron chi connectivity index (χ3n) is 2.69. The first kappa shape index (κ1) is 18.1. The highest BCUT2D eigenvalue weighted by molar-refractivity contribution is 5.88. The number of hydrogen-bond acceptors (Lipinski definition) is 6. The van der Waals surface area contributed by atoms with Gasteiger partial charge in [0.2, 0.25) is 0 Å². The largest absolute Gasteiger partial charge is 0.493 e. The van der Waals surface area contributed by atoms with Gasteiger partial charge in [0.05, 0.1) is 26.5 Å². The van der Waals surface area contributed by atoms with E-state index in [0.717, 1.165) is 0 Å². The van der Waals surface area contributed by atoms with Crippen LogP contribution < -0.4 is 14.8 Å². The summed E-state index contributed by atoms with van der Waals surface area (Å²) in [6.07, 6.45) is -1.76. The van der Waals surface area contributed by atoms with Crippen molar-refractivity contribution < 1.29 is 29.2 Å². The Bertz CT molecular complexity index is 523. The molecule has 7 nitrogen and oxygen atoms in total. The van der Waals surface area contributed by atoms with Gasteiger partial charge in [0, 0.05) is 0 Å². The maximum atomic E-state index is 11.9. The van der Waals surface area contributed by atoms with Crippen LogP contribution in [0.4, 0.5) is 10.5 Å². The van der Waals surface area contributed by atoms with E-state index in [9.17, 15) is 9.90 Å². The molecule has 0 saturated heterocycles. The van der Waals surface area contributed by atoms with Gasteiger partial charge in [-0.05, 0) is 38.5 Å². The molecule has 0 aliphatic heterocycles. The Morgan fingerprint density at radius 3 is 2.36 bits per heavy atom. The number of carbonyl (C=O) groups excluding carboxylic acids is 1. The number of amides is 1. The van der Waals surface area contributed by atoms with E-state index in [1.54, 1.807) is 20.8 Å². The van der Waals surface area contributed by atoms with Gasteiger partial charge in [0.25, 0.3) is 0 Å². The Morgan fingerprint density at radius 2 is 1.91 bits per heavy atom. The van der Waals surface area contributed by atoms with Crippen LogP contribution in [0.25, 0.3) is 0 Å². The van der Waals surface area contributed by atoms with Crippen molar-refractivity contribution in [2.75, 3.05) is 26.1 Å². The van der Waals surface area contributed by atoms with Crippen molar-refractivity contribution in [2.45, 2.75) is 32.5 Å². The van der Waals surface area contributed by atoms with Crippen molar-refractivity contribution in [1.29, 1.82) is 0 Å². The van der Waals surface area contributed by atoms with Crippen LogP contribution in [-0.2, 0) is 4.74 Å². The molecule has 1 aromatic rings. The van der Waals surface area contributed by atoms with Crippen LogP contribution in [0.3, 0.4) is 0 Å². The lowest BCUT2D eigenvalue weighted by atomic mass is 10.1. The molecule has 0 heterocycles. The van der Waals surface area contributed by atoms with Crippen LogP contribution in [0.5, 0.6) is 11.5 Å². The van der Waals surface area contributed by atoms with Gasteiger partial charge in [0.1, 0.15) is 11.7 Å². The molecule has 1 amide bonds. The zero-order chi connectivity index (χ0) is 16.9. The molecule has 1 rings (SSSR count). The Balaban J connectivity index is 3.17. The molecule has 0 aromatic heterocycles. The van der Waals surface area contributed by atoms with Gasteiger partial charge in [-0.3, -0.25) is 5.32 Å². The van der Waals surface area contributed by atoms with Gasteiger partial charge in [-0.2, -0.15) is 0 Å². The Labute approximate surface area is 129 Å². The van der Waals surface area contributed by atoms with Crippen molar-refractivity contribution in [1.82, 2.24) is 0 Å². The average Bonchev–Trinajstić information content (AvgIpc) is 2.43. The highest BCUT2D eigenvalue weighted by Crippen LogP contribution is 2.38. The van der Waals surface area contributed by atoms with Crippen LogP contribution in [0, 0.1) is 0 Å². The molecule has 0 saturated carbocycles. The van der Waals surface area contributed by atoms with Crippen LogP contribution >= 0.6 is 0 Å². The topological polar surface area (TPSA) is 97.2 Å². The fourth-order valence-electron chi connectivity index (χ4n) is 1.79. The molecule has 3 N–H and O–H groups in total. The molecule has 1 atom stereocenters. The first-order valence-corrected chi connectivity index (χ1v) is 6.76. The summed E-state index contributed by atoms with van der Waals surface area (Å²) < 4.78 is 15.6.